The van der Waals surface area contributed by atoms with Crippen LogP contribution in [0.1, 0.15) is 18.4 Å². The molecule has 0 bridgehead atoms. The Hall–Kier alpha value is -1.59. The Balaban J connectivity index is 1.88. The second-order valence-corrected chi connectivity index (χ2v) is 4.75. The van der Waals surface area contributed by atoms with Crippen molar-refractivity contribution in [3.8, 4) is 0 Å². The van der Waals surface area contributed by atoms with Crippen LogP contribution in [0, 0.1) is 0 Å². The van der Waals surface area contributed by atoms with E-state index in [1.54, 1.807) is 0 Å². The highest BCUT2D eigenvalue weighted by Gasteiger charge is 2.31. The van der Waals surface area contributed by atoms with Crippen molar-refractivity contribution in [3.63, 3.8) is 0 Å². The molecule has 0 spiro atoms. The first-order valence-corrected chi connectivity index (χ1v) is 6.47. The summed E-state index contributed by atoms with van der Waals surface area (Å²) in [4.78, 5) is 13.5. The lowest BCUT2D eigenvalue weighted by molar-refractivity contribution is 0.00891. The number of hydrogen-bond acceptors (Lipinski definition) is 4. The van der Waals surface area contributed by atoms with Gasteiger partial charge >= 0.3 is 6.09 Å². The maximum atomic E-state index is 12.0. The minimum Gasteiger partial charge on any atom is -0.445 e. The molecule has 2 atom stereocenters. The molecule has 1 fully saturated rings. The predicted molar refractivity (Wildman–Crippen MR) is 69.4 cm³/mol. The second kappa shape index (κ2) is 6.54. The van der Waals surface area contributed by atoms with E-state index >= 15 is 0 Å². The molecular weight excluding hydrogens is 246 g/mol. The molecule has 1 saturated heterocycles. The van der Waals surface area contributed by atoms with Crippen LogP contribution < -0.4 is 0 Å². The number of nitrogens with zero attached hydrogens (tertiary/aromatic N) is 1. The van der Waals surface area contributed by atoms with Crippen molar-refractivity contribution in [2.45, 2.75) is 31.6 Å². The molecule has 0 aromatic heterocycles. The van der Waals surface area contributed by atoms with Crippen LogP contribution in [0.25, 0.3) is 0 Å². The van der Waals surface area contributed by atoms with Crippen molar-refractivity contribution in [2.24, 2.45) is 0 Å². The van der Waals surface area contributed by atoms with E-state index < -0.39 is 12.2 Å². The van der Waals surface area contributed by atoms with Crippen molar-refractivity contribution in [3.05, 3.63) is 35.9 Å². The summed E-state index contributed by atoms with van der Waals surface area (Å²) in [6.45, 7) is 0.481. The highest BCUT2D eigenvalue weighted by Crippen LogP contribution is 2.18. The summed E-state index contributed by atoms with van der Waals surface area (Å²) >= 11 is 0. The highest BCUT2D eigenvalue weighted by molar-refractivity contribution is 5.68. The fourth-order valence-corrected chi connectivity index (χ4v) is 2.25. The van der Waals surface area contributed by atoms with E-state index in [4.69, 9.17) is 4.74 Å². The lowest BCUT2D eigenvalue weighted by atomic mass is 10.0. The van der Waals surface area contributed by atoms with Crippen molar-refractivity contribution >= 4 is 6.09 Å². The zero-order valence-electron chi connectivity index (χ0n) is 10.7. The lowest BCUT2D eigenvalue weighted by Gasteiger charge is -2.35. The molecule has 1 aromatic carbocycles. The average molecular weight is 265 g/mol. The molecule has 2 unspecified atom stereocenters. The molecule has 1 aliphatic rings. The van der Waals surface area contributed by atoms with E-state index in [2.05, 4.69) is 0 Å². The number of rotatable bonds is 3. The Kier molecular flexibility index (Phi) is 4.76. The molecule has 1 amide bonds. The van der Waals surface area contributed by atoms with Gasteiger partial charge in [-0.05, 0) is 18.4 Å². The van der Waals surface area contributed by atoms with E-state index in [0.717, 1.165) is 5.56 Å². The summed E-state index contributed by atoms with van der Waals surface area (Å²) in [7, 11) is 0. The number of likely N-dealkylation sites (tertiary alicyclic amines) is 1. The van der Waals surface area contributed by atoms with E-state index in [9.17, 15) is 15.0 Å². The summed E-state index contributed by atoms with van der Waals surface area (Å²) in [5.74, 6) is 0. The molecule has 2 rings (SSSR count). The monoisotopic (exact) mass is 265 g/mol. The first kappa shape index (κ1) is 13.8. The Bertz CT molecular complexity index is 409. The van der Waals surface area contributed by atoms with Crippen LogP contribution in [0.3, 0.4) is 0 Å². The number of ether oxygens (including phenoxy) is 1. The van der Waals surface area contributed by atoms with Gasteiger partial charge in [0.25, 0.3) is 0 Å². The van der Waals surface area contributed by atoms with Crippen LogP contribution >= 0.6 is 0 Å². The van der Waals surface area contributed by atoms with Crippen molar-refractivity contribution in [1.82, 2.24) is 4.90 Å². The lowest BCUT2D eigenvalue weighted by Crippen LogP contribution is -2.49. The Morgan fingerprint density at radius 3 is 2.79 bits per heavy atom. The molecule has 1 aromatic rings. The van der Waals surface area contributed by atoms with Crippen LogP contribution in [0.2, 0.25) is 0 Å². The maximum Gasteiger partial charge on any atom is 0.410 e. The van der Waals surface area contributed by atoms with Gasteiger partial charge in [-0.25, -0.2) is 4.79 Å². The van der Waals surface area contributed by atoms with Gasteiger partial charge in [-0.1, -0.05) is 30.3 Å². The molecule has 5 nitrogen and oxygen atoms in total. The molecule has 19 heavy (non-hydrogen) atoms. The van der Waals surface area contributed by atoms with E-state index in [1.165, 1.54) is 4.90 Å². The van der Waals surface area contributed by atoms with E-state index in [0.29, 0.717) is 19.4 Å². The van der Waals surface area contributed by atoms with E-state index in [1.807, 2.05) is 30.3 Å². The zero-order valence-corrected chi connectivity index (χ0v) is 10.7. The standard InChI is InChI=1S/C14H19NO4/c16-9-12-8-13(17)6-7-15(12)14(18)19-10-11-4-2-1-3-5-11/h1-5,12-13,16-17H,6-10H2. The fourth-order valence-electron chi connectivity index (χ4n) is 2.25. The fraction of sp³-hybridized carbons (Fsp3) is 0.500. The normalized spacial score (nSPS) is 23.2. The minimum absolute atomic E-state index is 0.155. The Morgan fingerprint density at radius 2 is 2.11 bits per heavy atom. The van der Waals surface area contributed by atoms with Gasteiger partial charge in [-0.3, -0.25) is 0 Å². The number of aliphatic hydroxyl groups is 2. The number of piperidine rings is 1. The molecule has 1 heterocycles. The topological polar surface area (TPSA) is 70.0 Å². The molecule has 0 radical (unpaired) electrons. The maximum absolute atomic E-state index is 12.0. The molecule has 2 N–H and O–H groups in total. The van der Waals surface area contributed by atoms with Crippen LogP contribution in [0.4, 0.5) is 4.79 Å². The molecule has 0 saturated carbocycles. The highest BCUT2D eigenvalue weighted by atomic mass is 16.6. The van der Waals surface area contributed by atoms with Crippen molar-refractivity contribution < 1.29 is 19.7 Å². The summed E-state index contributed by atoms with van der Waals surface area (Å²) in [6, 6.07) is 9.09. The first-order chi connectivity index (χ1) is 9.20. The van der Waals surface area contributed by atoms with Gasteiger partial charge in [0.1, 0.15) is 6.61 Å². The molecule has 0 aliphatic carbocycles. The predicted octanol–water partition coefficient (Wildman–Crippen LogP) is 1.14. The van der Waals surface area contributed by atoms with Gasteiger partial charge in [-0.2, -0.15) is 0 Å². The number of amides is 1. The van der Waals surface area contributed by atoms with Crippen molar-refractivity contribution in [1.29, 1.82) is 0 Å². The summed E-state index contributed by atoms with van der Waals surface area (Å²) < 4.78 is 5.23. The summed E-state index contributed by atoms with van der Waals surface area (Å²) in [6.07, 6.45) is 0.0403. The van der Waals surface area contributed by atoms with Crippen LogP contribution in [-0.4, -0.2) is 46.5 Å². The Labute approximate surface area is 112 Å². The van der Waals surface area contributed by atoms with Gasteiger partial charge in [0, 0.05) is 6.54 Å². The molecule has 5 heteroatoms. The Morgan fingerprint density at radius 1 is 1.37 bits per heavy atom. The number of aliphatic hydroxyl groups excluding tert-OH is 2. The van der Waals surface area contributed by atoms with Crippen LogP contribution in [-0.2, 0) is 11.3 Å². The third-order valence-corrected chi connectivity index (χ3v) is 3.34. The average Bonchev–Trinajstić information content (AvgIpc) is 2.45. The third-order valence-electron chi connectivity index (χ3n) is 3.34. The van der Waals surface area contributed by atoms with Crippen molar-refractivity contribution in [2.75, 3.05) is 13.2 Å². The number of carbonyl (C=O) groups is 1. The summed E-state index contributed by atoms with van der Waals surface area (Å²) in [5.41, 5.74) is 0.924. The van der Waals surface area contributed by atoms with Gasteiger partial charge < -0.3 is 19.8 Å². The minimum atomic E-state index is -0.449. The third kappa shape index (κ3) is 3.68. The quantitative estimate of drug-likeness (QED) is 0.860. The molecule has 104 valence electrons. The SMILES string of the molecule is O=C(OCc1ccccc1)N1CCC(O)CC1CO. The molecular formula is C14H19NO4. The van der Waals surface area contributed by atoms with Gasteiger partial charge in [0.15, 0.2) is 0 Å². The smallest absolute Gasteiger partial charge is 0.410 e. The van der Waals surface area contributed by atoms with E-state index in [-0.39, 0.29) is 19.3 Å². The second-order valence-electron chi connectivity index (χ2n) is 4.75. The van der Waals surface area contributed by atoms with Gasteiger partial charge in [0.2, 0.25) is 0 Å². The van der Waals surface area contributed by atoms with Crippen LogP contribution in [0.15, 0.2) is 30.3 Å². The summed E-state index contributed by atoms with van der Waals surface area (Å²) in [5, 5.41) is 18.8. The van der Waals surface area contributed by atoms with Crippen LogP contribution in [0.5, 0.6) is 0 Å². The van der Waals surface area contributed by atoms with Gasteiger partial charge in [-0.15, -0.1) is 0 Å². The number of carbonyl (C=O) groups excluding carboxylic acids is 1. The van der Waals surface area contributed by atoms with Gasteiger partial charge in [0.05, 0.1) is 18.8 Å². The zero-order chi connectivity index (χ0) is 13.7. The molecule has 1 aliphatic heterocycles. The first-order valence-electron chi connectivity index (χ1n) is 6.47. The number of hydrogen-bond donors (Lipinski definition) is 2. The number of benzene rings is 1. The largest absolute Gasteiger partial charge is 0.445 e.